The van der Waals surface area contributed by atoms with Crippen molar-refractivity contribution < 1.29 is 9.53 Å². The predicted octanol–water partition coefficient (Wildman–Crippen LogP) is 2.09. The number of benzene rings is 1. The van der Waals surface area contributed by atoms with Crippen LogP contribution >= 0.6 is 11.3 Å². The summed E-state index contributed by atoms with van der Waals surface area (Å²) >= 11 is 1.52. The first-order valence-corrected chi connectivity index (χ1v) is 7.49. The van der Waals surface area contributed by atoms with Crippen molar-refractivity contribution in [3.63, 3.8) is 0 Å². The van der Waals surface area contributed by atoms with E-state index in [1.54, 1.807) is 0 Å². The van der Waals surface area contributed by atoms with Gasteiger partial charge in [-0.25, -0.2) is 4.98 Å². The van der Waals surface area contributed by atoms with Crippen molar-refractivity contribution in [1.82, 2.24) is 9.88 Å². The minimum atomic E-state index is -0.0856. The summed E-state index contributed by atoms with van der Waals surface area (Å²) in [6.45, 7) is 6.03. The number of aromatic nitrogens is 1. The topological polar surface area (TPSA) is 54.5 Å². The van der Waals surface area contributed by atoms with E-state index in [9.17, 15) is 4.79 Å². The molecule has 3 rings (SSSR count). The van der Waals surface area contributed by atoms with Crippen molar-refractivity contribution >= 4 is 32.6 Å². The van der Waals surface area contributed by atoms with Crippen molar-refractivity contribution in [1.29, 1.82) is 0 Å². The highest BCUT2D eigenvalue weighted by Crippen LogP contribution is 2.27. The van der Waals surface area contributed by atoms with Crippen molar-refractivity contribution in [2.75, 3.05) is 31.6 Å². The van der Waals surface area contributed by atoms with E-state index < -0.39 is 0 Å². The summed E-state index contributed by atoms with van der Waals surface area (Å²) in [4.78, 5) is 17.8. The third kappa shape index (κ3) is 3.15. The summed E-state index contributed by atoms with van der Waals surface area (Å²) in [5, 5.41) is 3.40. The average molecular weight is 291 g/mol. The van der Waals surface area contributed by atoms with Gasteiger partial charge in [-0.1, -0.05) is 17.4 Å². The average Bonchev–Trinajstić information content (AvgIpc) is 2.80. The summed E-state index contributed by atoms with van der Waals surface area (Å²) in [6, 6.07) is 6.29. The molecule has 2 aromatic rings. The van der Waals surface area contributed by atoms with E-state index in [0.717, 1.165) is 43.1 Å². The third-order valence-electron chi connectivity index (χ3n) is 3.25. The van der Waals surface area contributed by atoms with E-state index in [-0.39, 0.29) is 5.91 Å². The largest absolute Gasteiger partial charge is 0.379 e. The van der Waals surface area contributed by atoms with Gasteiger partial charge in [-0.2, -0.15) is 0 Å². The predicted molar refractivity (Wildman–Crippen MR) is 80.0 cm³/mol. The molecule has 0 atom stereocenters. The molecular formula is C14H17N3O2S. The molecule has 1 N–H and O–H groups in total. The minimum absolute atomic E-state index is 0.0856. The number of fused-ring (bicyclic) bond motifs is 1. The van der Waals surface area contributed by atoms with Crippen molar-refractivity contribution in [3.8, 4) is 0 Å². The molecule has 5 nitrogen and oxygen atoms in total. The highest BCUT2D eigenvalue weighted by molar-refractivity contribution is 7.22. The maximum atomic E-state index is 11.1. The quantitative estimate of drug-likeness (QED) is 0.941. The number of rotatable bonds is 3. The molecule has 1 aliphatic heterocycles. The first-order valence-electron chi connectivity index (χ1n) is 6.68. The van der Waals surface area contributed by atoms with Crippen LogP contribution in [0.4, 0.5) is 5.13 Å². The number of amides is 1. The normalized spacial score (nSPS) is 16.4. The molecule has 0 saturated carbocycles. The zero-order valence-corrected chi connectivity index (χ0v) is 12.2. The summed E-state index contributed by atoms with van der Waals surface area (Å²) in [5.74, 6) is -0.0856. The number of hydrogen-bond donors (Lipinski definition) is 1. The number of nitrogens with zero attached hydrogens (tertiary/aromatic N) is 2. The summed E-state index contributed by atoms with van der Waals surface area (Å²) in [7, 11) is 0. The van der Waals surface area contributed by atoms with Gasteiger partial charge in [0.05, 0.1) is 23.4 Å². The highest BCUT2D eigenvalue weighted by Gasteiger charge is 2.12. The molecule has 106 valence electrons. The van der Waals surface area contributed by atoms with Crippen LogP contribution in [0.3, 0.4) is 0 Å². The standard InChI is InChI=1S/C14H17N3O2S/c1-10(18)15-14-16-12-3-2-11(8-13(12)20-14)9-17-4-6-19-7-5-17/h2-3,8H,4-7,9H2,1H3,(H,15,16,18). The molecule has 1 aliphatic rings. The Kier molecular flexibility index (Phi) is 3.95. The number of nitrogens with one attached hydrogen (secondary N) is 1. The first kappa shape index (κ1) is 13.5. The Morgan fingerprint density at radius 1 is 1.45 bits per heavy atom. The van der Waals surface area contributed by atoms with Gasteiger partial charge in [0.25, 0.3) is 0 Å². The molecule has 0 radical (unpaired) electrons. The molecular weight excluding hydrogens is 274 g/mol. The molecule has 1 aromatic carbocycles. The van der Waals surface area contributed by atoms with Crippen LogP contribution in [0.2, 0.25) is 0 Å². The van der Waals surface area contributed by atoms with Crippen LogP contribution in [0.1, 0.15) is 12.5 Å². The second-order valence-corrected chi connectivity index (χ2v) is 5.92. The van der Waals surface area contributed by atoms with Crippen molar-refractivity contribution in [2.24, 2.45) is 0 Å². The number of ether oxygens (including phenoxy) is 1. The molecule has 0 bridgehead atoms. The number of thiazole rings is 1. The van der Waals surface area contributed by atoms with Crippen LogP contribution in [-0.4, -0.2) is 42.1 Å². The van der Waals surface area contributed by atoms with Gasteiger partial charge in [-0.05, 0) is 17.7 Å². The van der Waals surface area contributed by atoms with E-state index in [1.807, 2.05) is 6.07 Å². The zero-order chi connectivity index (χ0) is 13.9. The van der Waals surface area contributed by atoms with Gasteiger partial charge in [0, 0.05) is 26.6 Å². The van der Waals surface area contributed by atoms with Gasteiger partial charge in [0.15, 0.2) is 5.13 Å². The van der Waals surface area contributed by atoms with Gasteiger partial charge in [-0.3, -0.25) is 9.69 Å². The smallest absolute Gasteiger partial charge is 0.223 e. The number of carbonyl (C=O) groups excluding carboxylic acids is 1. The Labute approximate surface area is 121 Å². The Morgan fingerprint density at radius 3 is 3.00 bits per heavy atom. The number of hydrogen-bond acceptors (Lipinski definition) is 5. The monoisotopic (exact) mass is 291 g/mol. The molecule has 0 spiro atoms. The van der Waals surface area contributed by atoms with E-state index >= 15 is 0 Å². The van der Waals surface area contributed by atoms with Crippen LogP contribution in [0, 0.1) is 0 Å². The molecule has 1 amide bonds. The van der Waals surface area contributed by atoms with Gasteiger partial charge in [0.2, 0.25) is 5.91 Å². The summed E-state index contributed by atoms with van der Waals surface area (Å²) in [5.41, 5.74) is 2.21. The van der Waals surface area contributed by atoms with Crippen LogP contribution in [0.5, 0.6) is 0 Å². The Morgan fingerprint density at radius 2 is 2.25 bits per heavy atom. The van der Waals surface area contributed by atoms with Gasteiger partial charge in [-0.15, -0.1) is 0 Å². The van der Waals surface area contributed by atoms with E-state index in [0.29, 0.717) is 5.13 Å². The van der Waals surface area contributed by atoms with Crippen molar-refractivity contribution in [2.45, 2.75) is 13.5 Å². The molecule has 1 aromatic heterocycles. The van der Waals surface area contributed by atoms with E-state index in [4.69, 9.17) is 4.74 Å². The van der Waals surface area contributed by atoms with Crippen LogP contribution in [0.15, 0.2) is 18.2 Å². The van der Waals surface area contributed by atoms with Gasteiger partial charge >= 0.3 is 0 Å². The molecule has 6 heteroatoms. The number of anilines is 1. The Hall–Kier alpha value is -1.50. The van der Waals surface area contributed by atoms with Crippen LogP contribution in [-0.2, 0) is 16.1 Å². The fourth-order valence-corrected chi connectivity index (χ4v) is 3.26. The van der Waals surface area contributed by atoms with Gasteiger partial charge < -0.3 is 10.1 Å². The fourth-order valence-electron chi connectivity index (χ4n) is 2.29. The van der Waals surface area contributed by atoms with Crippen LogP contribution in [0.25, 0.3) is 10.2 Å². The SMILES string of the molecule is CC(=O)Nc1nc2ccc(CN3CCOCC3)cc2s1. The fraction of sp³-hybridized carbons (Fsp3) is 0.429. The maximum absolute atomic E-state index is 11.1. The second-order valence-electron chi connectivity index (χ2n) is 4.89. The second kappa shape index (κ2) is 5.87. The lowest BCUT2D eigenvalue weighted by molar-refractivity contribution is -0.114. The minimum Gasteiger partial charge on any atom is -0.379 e. The molecule has 1 fully saturated rings. The lowest BCUT2D eigenvalue weighted by atomic mass is 10.2. The number of carbonyl (C=O) groups is 1. The Bertz CT molecular complexity index is 620. The lowest BCUT2D eigenvalue weighted by Gasteiger charge is -2.26. The van der Waals surface area contributed by atoms with Gasteiger partial charge in [0.1, 0.15) is 0 Å². The first-order chi connectivity index (χ1) is 9.70. The zero-order valence-electron chi connectivity index (χ0n) is 11.4. The molecule has 1 saturated heterocycles. The third-order valence-corrected chi connectivity index (χ3v) is 4.18. The van der Waals surface area contributed by atoms with Crippen LogP contribution < -0.4 is 5.32 Å². The summed E-state index contributed by atoms with van der Waals surface area (Å²) in [6.07, 6.45) is 0. The van der Waals surface area contributed by atoms with Crippen molar-refractivity contribution in [3.05, 3.63) is 23.8 Å². The molecule has 2 heterocycles. The van der Waals surface area contributed by atoms with E-state index in [2.05, 4.69) is 27.3 Å². The Balaban J connectivity index is 1.77. The summed E-state index contributed by atoms with van der Waals surface area (Å²) < 4.78 is 6.47. The molecule has 0 unspecified atom stereocenters. The highest BCUT2D eigenvalue weighted by atomic mass is 32.1. The maximum Gasteiger partial charge on any atom is 0.223 e. The molecule has 20 heavy (non-hydrogen) atoms. The number of morpholine rings is 1. The molecule has 0 aliphatic carbocycles. The lowest BCUT2D eigenvalue weighted by Crippen LogP contribution is -2.35. The van der Waals surface area contributed by atoms with E-state index in [1.165, 1.54) is 23.8 Å².